The van der Waals surface area contributed by atoms with E-state index in [1.807, 2.05) is 0 Å². The lowest BCUT2D eigenvalue weighted by atomic mass is 9.89. The molecule has 2 saturated heterocycles. The van der Waals surface area contributed by atoms with Crippen LogP contribution in [0.3, 0.4) is 0 Å². The van der Waals surface area contributed by atoms with Crippen molar-refractivity contribution >= 4 is 62.7 Å². The van der Waals surface area contributed by atoms with Gasteiger partial charge in [-0.25, -0.2) is 0 Å². The van der Waals surface area contributed by atoms with Crippen LogP contribution in [0, 0.1) is 5.41 Å². The fourth-order valence-corrected chi connectivity index (χ4v) is 6.66. The molecule has 1 amide bonds. The zero-order chi connectivity index (χ0) is 24.8. The molecule has 11 nitrogen and oxygen atoms in total. The van der Waals surface area contributed by atoms with Crippen LogP contribution in [0.15, 0.2) is 9.64 Å². The number of halogens is 3. The number of carbonyl (C=O) groups is 2. The van der Waals surface area contributed by atoms with Crippen molar-refractivity contribution in [3.63, 3.8) is 0 Å². The standard InChI is InChI=1S/C15H17F3N4O7S4/c1-7(30)21(4-15(16,17)18)9-10(23)22-3-14(12(24)25,5-31-11(9)22)6-32-13-20-19-8(29-13)2-33(26,27)28/h9,11H,2-6H2,1H3,(H,24,25)(H,26,27,28)/t9?,11-,14?/m1/s1. The van der Waals surface area contributed by atoms with Crippen LogP contribution < -0.4 is 0 Å². The van der Waals surface area contributed by atoms with Crippen molar-refractivity contribution in [2.75, 3.05) is 24.6 Å². The molecule has 3 atom stereocenters. The Morgan fingerprint density at radius 3 is 2.67 bits per heavy atom. The second kappa shape index (κ2) is 9.20. The molecule has 0 radical (unpaired) electrons. The highest BCUT2D eigenvalue weighted by Crippen LogP contribution is 2.46. The topological polar surface area (TPSA) is 154 Å². The van der Waals surface area contributed by atoms with E-state index in [1.165, 1.54) is 11.8 Å². The van der Waals surface area contributed by atoms with Crippen LogP contribution in [0.4, 0.5) is 13.2 Å². The summed E-state index contributed by atoms with van der Waals surface area (Å²) >= 11 is 6.76. The second-order valence-electron chi connectivity index (χ2n) is 7.44. The molecule has 2 unspecified atom stereocenters. The van der Waals surface area contributed by atoms with E-state index in [0.717, 1.165) is 28.4 Å². The van der Waals surface area contributed by atoms with Crippen molar-refractivity contribution < 1.29 is 45.3 Å². The van der Waals surface area contributed by atoms with E-state index < -0.39 is 57.3 Å². The van der Waals surface area contributed by atoms with Crippen LogP contribution in [-0.4, -0.2) is 97.1 Å². The average Bonchev–Trinajstić information content (AvgIpc) is 3.10. The number of carbonyl (C=O) groups excluding carboxylic acids is 1. The molecule has 2 aliphatic rings. The van der Waals surface area contributed by atoms with E-state index in [2.05, 4.69) is 10.2 Å². The third kappa shape index (κ3) is 5.90. The van der Waals surface area contributed by atoms with Gasteiger partial charge in [0.2, 0.25) is 11.8 Å². The highest BCUT2D eigenvalue weighted by Gasteiger charge is 2.59. The summed E-state index contributed by atoms with van der Waals surface area (Å²) in [7, 11) is -4.40. The summed E-state index contributed by atoms with van der Waals surface area (Å²) in [5, 5.41) is 16.1. The van der Waals surface area contributed by atoms with E-state index in [1.54, 1.807) is 0 Å². The van der Waals surface area contributed by atoms with Crippen molar-refractivity contribution in [2.45, 2.75) is 35.5 Å². The summed E-state index contributed by atoms with van der Waals surface area (Å²) in [5.41, 5.74) is -1.47. The number of rotatable bonds is 8. The van der Waals surface area contributed by atoms with Gasteiger partial charge in [0.05, 0.1) is 4.99 Å². The minimum absolute atomic E-state index is 0.0113. The Bertz CT molecular complexity index is 1070. The predicted octanol–water partition coefficient (Wildman–Crippen LogP) is 1.12. The molecule has 0 aliphatic carbocycles. The number of amides is 1. The van der Waals surface area contributed by atoms with Gasteiger partial charge >= 0.3 is 12.1 Å². The van der Waals surface area contributed by atoms with Gasteiger partial charge in [-0.15, -0.1) is 22.0 Å². The lowest BCUT2D eigenvalue weighted by Gasteiger charge is -2.56. The Morgan fingerprint density at radius 2 is 2.12 bits per heavy atom. The maximum atomic E-state index is 12.9. The summed E-state index contributed by atoms with van der Waals surface area (Å²) in [5.74, 6) is -3.31. The molecule has 184 valence electrons. The molecule has 3 heterocycles. The fourth-order valence-electron chi connectivity index (χ4n) is 3.35. The van der Waals surface area contributed by atoms with Crippen LogP contribution in [-0.2, 0) is 25.5 Å². The number of hydrogen-bond donors (Lipinski definition) is 2. The first-order chi connectivity index (χ1) is 15.1. The number of β-lactam (4-membered cyclic amide) rings is 1. The number of fused-ring (bicyclic) bond motifs is 1. The number of alkyl halides is 3. The summed E-state index contributed by atoms with van der Waals surface area (Å²) in [6.07, 6.45) is -4.57. The Morgan fingerprint density at radius 1 is 1.45 bits per heavy atom. The third-order valence-corrected chi connectivity index (χ3v) is 8.41. The van der Waals surface area contributed by atoms with Gasteiger partial charge in [-0.3, -0.25) is 14.1 Å². The van der Waals surface area contributed by atoms with Crippen molar-refractivity contribution in [1.29, 1.82) is 0 Å². The monoisotopic (exact) mass is 550 g/mol. The van der Waals surface area contributed by atoms with E-state index in [9.17, 15) is 36.3 Å². The number of aromatic nitrogens is 2. The second-order valence-corrected chi connectivity index (χ2v) is 11.5. The molecule has 2 aliphatic heterocycles. The Balaban J connectivity index is 1.70. The van der Waals surface area contributed by atoms with Crippen LogP contribution in [0.2, 0.25) is 0 Å². The molecule has 2 fully saturated rings. The number of aliphatic carboxylic acids is 1. The third-order valence-electron chi connectivity index (χ3n) is 4.89. The molecule has 2 N–H and O–H groups in total. The highest BCUT2D eigenvalue weighted by molar-refractivity contribution is 8.00. The van der Waals surface area contributed by atoms with Crippen LogP contribution in [0.5, 0.6) is 0 Å². The minimum Gasteiger partial charge on any atom is -0.481 e. The quantitative estimate of drug-likeness (QED) is 0.206. The molecule has 1 aromatic rings. The Kier molecular flexibility index (Phi) is 7.24. The number of hydrogen-bond acceptors (Lipinski definition) is 10. The smallest absolute Gasteiger partial charge is 0.405 e. The maximum absolute atomic E-state index is 12.9. The van der Waals surface area contributed by atoms with E-state index >= 15 is 0 Å². The molecule has 0 aromatic carbocycles. The Hall–Kier alpha value is -1.63. The molecular weight excluding hydrogens is 533 g/mol. The molecule has 33 heavy (non-hydrogen) atoms. The molecule has 3 rings (SSSR count). The van der Waals surface area contributed by atoms with E-state index in [-0.39, 0.29) is 34.2 Å². The van der Waals surface area contributed by atoms with Crippen molar-refractivity contribution in [3.05, 3.63) is 5.89 Å². The predicted molar refractivity (Wildman–Crippen MR) is 113 cm³/mol. The summed E-state index contributed by atoms with van der Waals surface area (Å²) in [6, 6.07) is -1.13. The fraction of sp³-hybridized carbons (Fsp3) is 0.667. The number of thiocarbonyl (C=S) groups is 1. The summed E-state index contributed by atoms with van der Waals surface area (Å²) in [4.78, 5) is 26.7. The van der Waals surface area contributed by atoms with Gasteiger partial charge in [0.25, 0.3) is 15.3 Å². The first-order valence-corrected chi connectivity index (χ1v) is 13.1. The van der Waals surface area contributed by atoms with Crippen LogP contribution in [0.1, 0.15) is 12.8 Å². The van der Waals surface area contributed by atoms with Gasteiger partial charge in [0.15, 0.2) is 5.75 Å². The zero-order valence-corrected chi connectivity index (χ0v) is 19.9. The maximum Gasteiger partial charge on any atom is 0.405 e. The minimum atomic E-state index is -4.57. The van der Waals surface area contributed by atoms with E-state index in [0.29, 0.717) is 0 Å². The van der Waals surface area contributed by atoms with Crippen molar-refractivity contribution in [1.82, 2.24) is 20.0 Å². The largest absolute Gasteiger partial charge is 0.481 e. The first kappa shape index (κ1) is 26.0. The molecule has 0 bridgehead atoms. The van der Waals surface area contributed by atoms with Gasteiger partial charge in [0.1, 0.15) is 23.4 Å². The van der Waals surface area contributed by atoms with Gasteiger partial charge < -0.3 is 19.3 Å². The SMILES string of the molecule is CC(=S)N(CC(F)(F)F)C1C(=O)N2CC(CSc3nnc(CS(=O)(=O)O)o3)(C(=O)O)CS[C@H]12. The number of nitrogens with zero attached hydrogens (tertiary/aromatic N) is 4. The molecular formula is C15H17F3N4O7S4. The van der Waals surface area contributed by atoms with E-state index in [4.69, 9.17) is 21.2 Å². The summed E-state index contributed by atoms with van der Waals surface area (Å²) in [6.45, 7) is -0.333. The van der Waals surface area contributed by atoms with Gasteiger partial charge in [-0.2, -0.15) is 21.6 Å². The van der Waals surface area contributed by atoms with Gasteiger partial charge in [0, 0.05) is 18.1 Å². The molecule has 0 spiro atoms. The molecule has 0 saturated carbocycles. The number of thioether (sulfide) groups is 2. The zero-order valence-electron chi connectivity index (χ0n) is 16.7. The van der Waals surface area contributed by atoms with Gasteiger partial charge in [-0.05, 0) is 6.92 Å². The number of carboxylic acids is 1. The van der Waals surface area contributed by atoms with Crippen molar-refractivity contribution in [3.8, 4) is 0 Å². The molecule has 18 heteroatoms. The lowest BCUT2D eigenvalue weighted by molar-refractivity contribution is -0.168. The average molecular weight is 551 g/mol. The van der Waals surface area contributed by atoms with Gasteiger partial charge in [-0.1, -0.05) is 24.0 Å². The summed E-state index contributed by atoms with van der Waals surface area (Å²) < 4.78 is 74.5. The lowest BCUT2D eigenvalue weighted by Crippen LogP contribution is -2.74. The van der Waals surface area contributed by atoms with Crippen molar-refractivity contribution in [2.24, 2.45) is 5.41 Å². The first-order valence-electron chi connectivity index (χ1n) is 9.02. The normalized spacial score (nSPS) is 25.4. The molecule has 1 aromatic heterocycles. The van der Waals surface area contributed by atoms with Crippen LogP contribution in [0.25, 0.3) is 0 Å². The van der Waals surface area contributed by atoms with Crippen LogP contribution >= 0.6 is 35.7 Å². The number of carboxylic acid groups (broad SMARTS) is 1. The highest BCUT2D eigenvalue weighted by atomic mass is 32.2. The Labute approximate surface area is 199 Å².